The summed E-state index contributed by atoms with van der Waals surface area (Å²) in [7, 11) is 0. The molecule has 0 radical (unpaired) electrons. The highest BCUT2D eigenvalue weighted by Crippen LogP contribution is 2.19. The number of ketones is 1. The molecule has 1 unspecified atom stereocenters. The van der Waals surface area contributed by atoms with E-state index in [0.717, 1.165) is 5.69 Å². The van der Waals surface area contributed by atoms with Crippen LogP contribution in [0.2, 0.25) is 0 Å². The van der Waals surface area contributed by atoms with Crippen LogP contribution in [-0.4, -0.2) is 33.5 Å². The highest BCUT2D eigenvalue weighted by molar-refractivity contribution is 5.84. The lowest BCUT2D eigenvalue weighted by molar-refractivity contribution is -0.121. The second kappa shape index (κ2) is 3.41. The molecule has 1 aliphatic rings. The molecule has 82 valence electrons. The van der Waals surface area contributed by atoms with Crippen LogP contribution in [0, 0.1) is 0 Å². The molecule has 0 amide bonds. The molecule has 1 aromatic heterocycles. The molecule has 5 heteroatoms. The van der Waals surface area contributed by atoms with Crippen LogP contribution in [0.15, 0.2) is 6.20 Å². The average molecular weight is 209 g/mol. The van der Waals surface area contributed by atoms with Gasteiger partial charge >= 0.3 is 0 Å². The highest BCUT2D eigenvalue weighted by Gasteiger charge is 2.31. The molecule has 1 aromatic rings. The lowest BCUT2D eigenvalue weighted by Gasteiger charge is -2.12. The topological polar surface area (TPSA) is 60.3 Å². The molecular formula is C10H15N3O2. The Hall–Kier alpha value is -1.23. The Morgan fingerprint density at radius 1 is 1.67 bits per heavy atom. The Labute approximate surface area is 88.4 Å². The molecule has 5 nitrogen and oxygen atoms in total. The van der Waals surface area contributed by atoms with E-state index >= 15 is 0 Å². The maximum Gasteiger partial charge on any atom is 0.185 e. The molecule has 1 atom stereocenters. The van der Waals surface area contributed by atoms with Crippen molar-refractivity contribution in [2.75, 3.05) is 6.61 Å². The van der Waals surface area contributed by atoms with E-state index in [1.807, 2.05) is 6.20 Å². The number of hydrogen-bond donors (Lipinski definition) is 0. The van der Waals surface area contributed by atoms with Gasteiger partial charge in [0.2, 0.25) is 0 Å². The summed E-state index contributed by atoms with van der Waals surface area (Å²) in [6, 6.07) is 0. The molecule has 0 spiro atoms. The fraction of sp³-hybridized carbons (Fsp3) is 0.700. The van der Waals surface area contributed by atoms with E-state index in [2.05, 4.69) is 31.1 Å². The largest absolute Gasteiger partial charge is 0.365 e. The van der Waals surface area contributed by atoms with Crippen molar-refractivity contribution in [2.45, 2.75) is 38.8 Å². The quantitative estimate of drug-likeness (QED) is 0.682. The van der Waals surface area contributed by atoms with Gasteiger partial charge in [0.05, 0.1) is 12.3 Å². The molecule has 0 N–H and O–H groups in total. The van der Waals surface area contributed by atoms with Gasteiger partial charge in [0.1, 0.15) is 12.6 Å². The second-order valence-corrected chi connectivity index (χ2v) is 4.84. The average Bonchev–Trinajstić information content (AvgIpc) is 2.86. The number of carbonyl (C=O) groups is 1. The third-order valence-electron chi connectivity index (χ3n) is 2.32. The molecule has 1 saturated heterocycles. The van der Waals surface area contributed by atoms with Crippen molar-refractivity contribution in [3.05, 3.63) is 11.9 Å². The van der Waals surface area contributed by atoms with Crippen LogP contribution in [-0.2, 0) is 21.5 Å². The maximum atomic E-state index is 11.4. The molecule has 0 saturated carbocycles. The van der Waals surface area contributed by atoms with Gasteiger partial charge < -0.3 is 4.74 Å². The van der Waals surface area contributed by atoms with Gasteiger partial charge in [0.25, 0.3) is 0 Å². The van der Waals surface area contributed by atoms with Gasteiger partial charge in [-0.25, -0.2) is 4.68 Å². The van der Waals surface area contributed by atoms with Crippen LogP contribution in [0.1, 0.15) is 26.5 Å². The van der Waals surface area contributed by atoms with Crippen molar-refractivity contribution in [2.24, 2.45) is 0 Å². The number of nitrogens with zero attached hydrogens (tertiary/aromatic N) is 3. The molecule has 2 rings (SSSR count). The summed E-state index contributed by atoms with van der Waals surface area (Å²) in [6.07, 6.45) is 1.62. The standard InChI is InChI=1S/C10H15N3O2/c1-10(2,3)9-5-13(12-11-9)4-7(14)8-6-15-8/h5,8H,4,6H2,1-3H3. The number of hydrogen-bond acceptors (Lipinski definition) is 4. The monoisotopic (exact) mass is 209 g/mol. The smallest absolute Gasteiger partial charge is 0.185 e. The van der Waals surface area contributed by atoms with Crippen LogP contribution in [0.25, 0.3) is 0 Å². The van der Waals surface area contributed by atoms with Crippen LogP contribution in [0.4, 0.5) is 0 Å². The third kappa shape index (κ3) is 2.41. The van der Waals surface area contributed by atoms with Gasteiger partial charge in [-0.1, -0.05) is 26.0 Å². The van der Waals surface area contributed by atoms with E-state index in [1.165, 1.54) is 0 Å². The minimum atomic E-state index is -0.202. The number of ether oxygens (including phenoxy) is 1. The predicted octanol–water partition coefficient (Wildman–Crippen LogP) is 0.543. The first-order chi connectivity index (χ1) is 6.97. The zero-order chi connectivity index (χ0) is 11.1. The Bertz CT molecular complexity index is 374. The van der Waals surface area contributed by atoms with Crippen molar-refractivity contribution in [1.29, 1.82) is 0 Å². The summed E-state index contributed by atoms with van der Waals surface area (Å²) in [5, 5.41) is 7.96. The first-order valence-corrected chi connectivity index (χ1v) is 5.02. The SMILES string of the molecule is CC(C)(C)c1cn(CC(=O)C2CO2)nn1. The zero-order valence-electron chi connectivity index (χ0n) is 9.23. The van der Waals surface area contributed by atoms with Crippen LogP contribution in [0.5, 0.6) is 0 Å². The molecule has 15 heavy (non-hydrogen) atoms. The van der Waals surface area contributed by atoms with Crippen molar-refractivity contribution < 1.29 is 9.53 Å². The van der Waals surface area contributed by atoms with Gasteiger partial charge in [0.15, 0.2) is 5.78 Å². The minimum Gasteiger partial charge on any atom is -0.365 e. The van der Waals surface area contributed by atoms with Crippen molar-refractivity contribution in [3.63, 3.8) is 0 Å². The molecular weight excluding hydrogens is 194 g/mol. The Balaban J connectivity index is 2.03. The summed E-state index contributed by atoms with van der Waals surface area (Å²) in [5.41, 5.74) is 0.865. The van der Waals surface area contributed by atoms with E-state index < -0.39 is 0 Å². The maximum absolute atomic E-state index is 11.4. The van der Waals surface area contributed by atoms with Crippen molar-refractivity contribution >= 4 is 5.78 Å². The van der Waals surface area contributed by atoms with Gasteiger partial charge in [-0.3, -0.25) is 4.79 Å². The second-order valence-electron chi connectivity index (χ2n) is 4.84. The third-order valence-corrected chi connectivity index (χ3v) is 2.32. The Morgan fingerprint density at radius 3 is 2.80 bits per heavy atom. The lowest BCUT2D eigenvalue weighted by Crippen LogP contribution is -2.16. The van der Waals surface area contributed by atoms with E-state index in [1.54, 1.807) is 4.68 Å². The summed E-state index contributed by atoms with van der Waals surface area (Å²) >= 11 is 0. The van der Waals surface area contributed by atoms with Gasteiger partial charge in [-0.15, -0.1) is 5.10 Å². The molecule has 2 heterocycles. The van der Waals surface area contributed by atoms with Crippen molar-refractivity contribution in [1.82, 2.24) is 15.0 Å². The lowest BCUT2D eigenvalue weighted by atomic mass is 9.93. The predicted molar refractivity (Wildman–Crippen MR) is 53.5 cm³/mol. The van der Waals surface area contributed by atoms with Crippen LogP contribution in [0.3, 0.4) is 0 Å². The Morgan fingerprint density at radius 2 is 2.33 bits per heavy atom. The van der Waals surface area contributed by atoms with Gasteiger partial charge in [0, 0.05) is 11.6 Å². The molecule has 1 fully saturated rings. The normalized spacial score (nSPS) is 20.3. The van der Waals surface area contributed by atoms with E-state index in [-0.39, 0.29) is 23.8 Å². The fourth-order valence-electron chi connectivity index (χ4n) is 1.21. The first-order valence-electron chi connectivity index (χ1n) is 5.02. The van der Waals surface area contributed by atoms with Gasteiger partial charge in [-0.2, -0.15) is 0 Å². The number of aromatic nitrogens is 3. The molecule has 0 aromatic carbocycles. The number of carbonyl (C=O) groups excluding carboxylic acids is 1. The van der Waals surface area contributed by atoms with Crippen LogP contribution >= 0.6 is 0 Å². The first kappa shape index (κ1) is 10.3. The number of epoxide rings is 1. The van der Waals surface area contributed by atoms with Crippen molar-refractivity contribution in [3.8, 4) is 0 Å². The zero-order valence-corrected chi connectivity index (χ0v) is 9.23. The van der Waals surface area contributed by atoms with Gasteiger partial charge in [-0.05, 0) is 0 Å². The summed E-state index contributed by atoms with van der Waals surface area (Å²) in [5.74, 6) is 0.0698. The number of rotatable bonds is 3. The minimum absolute atomic E-state index is 0.0304. The molecule has 0 aliphatic carbocycles. The number of Topliss-reactive ketones (excluding diaryl/α,β-unsaturated/α-hetero) is 1. The molecule has 1 aliphatic heterocycles. The highest BCUT2D eigenvalue weighted by atomic mass is 16.6. The summed E-state index contributed by atoms with van der Waals surface area (Å²) in [4.78, 5) is 11.4. The van der Waals surface area contributed by atoms with E-state index in [0.29, 0.717) is 6.61 Å². The summed E-state index contributed by atoms with van der Waals surface area (Å²) in [6.45, 7) is 7.00. The van der Waals surface area contributed by atoms with E-state index in [9.17, 15) is 4.79 Å². The van der Waals surface area contributed by atoms with E-state index in [4.69, 9.17) is 4.74 Å². The molecule has 0 bridgehead atoms. The Kier molecular flexibility index (Phi) is 2.34. The van der Waals surface area contributed by atoms with Crippen LogP contribution < -0.4 is 0 Å². The fourth-order valence-corrected chi connectivity index (χ4v) is 1.21. The summed E-state index contributed by atoms with van der Waals surface area (Å²) < 4.78 is 6.48.